The molecule has 0 aliphatic carbocycles. The number of non-ortho nitro benzene ring substituents is 2. The largest absolute Gasteiger partial charge is 0.342 e. The summed E-state index contributed by atoms with van der Waals surface area (Å²) < 4.78 is 1.81. The summed E-state index contributed by atoms with van der Waals surface area (Å²) in [6.45, 7) is 6.18. The fraction of sp³-hybridized carbons (Fsp3) is 0.269. The molecule has 0 aliphatic rings. The van der Waals surface area contributed by atoms with E-state index in [1.807, 2.05) is 20.8 Å². The third-order valence-electron chi connectivity index (χ3n) is 6.05. The molecule has 1 atom stereocenters. The molecular weight excluding hydrogens is 584 g/mol. The van der Waals surface area contributed by atoms with Gasteiger partial charge in [0.15, 0.2) is 16.1 Å². The van der Waals surface area contributed by atoms with Crippen LogP contribution in [0.1, 0.15) is 43.0 Å². The van der Waals surface area contributed by atoms with Crippen LogP contribution in [0.5, 0.6) is 0 Å². The maximum Gasteiger partial charge on any atom is 0.270 e. The lowest BCUT2D eigenvalue weighted by Crippen LogP contribution is -2.33. The number of anilines is 1. The molecule has 16 heteroatoms. The molecule has 0 spiro atoms. The van der Waals surface area contributed by atoms with Crippen molar-refractivity contribution in [3.63, 3.8) is 0 Å². The van der Waals surface area contributed by atoms with Crippen LogP contribution in [-0.2, 0) is 11.3 Å². The van der Waals surface area contributed by atoms with Gasteiger partial charge in [-0.1, -0.05) is 43.8 Å². The van der Waals surface area contributed by atoms with Crippen molar-refractivity contribution in [2.45, 2.75) is 38.5 Å². The van der Waals surface area contributed by atoms with E-state index in [2.05, 4.69) is 25.8 Å². The highest BCUT2D eigenvalue weighted by Crippen LogP contribution is 2.29. The number of carbonyl (C=O) groups is 2. The van der Waals surface area contributed by atoms with E-state index in [4.69, 9.17) is 0 Å². The van der Waals surface area contributed by atoms with Crippen molar-refractivity contribution in [2.75, 3.05) is 11.1 Å². The Hall–Kier alpha value is -4.70. The zero-order valence-corrected chi connectivity index (χ0v) is 24.3. The van der Waals surface area contributed by atoms with Crippen molar-refractivity contribution in [3.8, 4) is 11.3 Å². The number of thiazole rings is 1. The van der Waals surface area contributed by atoms with Gasteiger partial charge >= 0.3 is 0 Å². The lowest BCUT2D eigenvalue weighted by Gasteiger charge is -2.22. The van der Waals surface area contributed by atoms with Crippen molar-refractivity contribution in [1.82, 2.24) is 25.1 Å². The molecule has 14 nitrogen and oxygen atoms in total. The summed E-state index contributed by atoms with van der Waals surface area (Å²) in [5.41, 5.74) is 0.991. The van der Waals surface area contributed by atoms with Crippen LogP contribution >= 0.6 is 23.1 Å². The SMILES string of the molecule is CCn1c(SCC(=O)Nc2nc(-c3cccc([N+](=O)[O-])c3)cs2)nnc1[C@H](NC(=O)c1cccc([N+](=O)[O-])c1)C(C)C. The van der Waals surface area contributed by atoms with E-state index in [0.717, 1.165) is 0 Å². The van der Waals surface area contributed by atoms with Gasteiger partial charge in [-0.25, -0.2) is 4.98 Å². The molecule has 0 saturated heterocycles. The average Bonchev–Trinajstić information content (AvgIpc) is 3.61. The molecule has 0 radical (unpaired) electrons. The second kappa shape index (κ2) is 13.3. The van der Waals surface area contributed by atoms with Crippen molar-refractivity contribution in [1.29, 1.82) is 0 Å². The maximum atomic E-state index is 13.0. The summed E-state index contributed by atoms with van der Waals surface area (Å²) in [5.74, 6) is -0.392. The lowest BCUT2D eigenvalue weighted by atomic mass is 10.0. The number of amides is 2. The number of nitro benzene ring substituents is 2. The zero-order valence-electron chi connectivity index (χ0n) is 22.7. The Bertz CT molecular complexity index is 1640. The molecule has 2 amide bonds. The molecule has 0 unspecified atom stereocenters. The standard InChI is InChI=1S/C26H26N8O6S2/c1-4-32-23(22(15(2)3)29-24(36)17-8-6-10-19(12-17)34(39)40)30-31-26(32)42-14-21(35)28-25-27-20(13-41-25)16-7-5-9-18(11-16)33(37)38/h5-13,15,22H,4,14H2,1-3H3,(H,29,36)(H,27,28,35)/t22-/m1/s1. The molecule has 218 valence electrons. The number of nitrogens with one attached hydrogen (secondary N) is 2. The third-order valence-corrected chi connectivity index (χ3v) is 7.77. The van der Waals surface area contributed by atoms with Gasteiger partial charge in [-0.3, -0.25) is 29.8 Å². The summed E-state index contributed by atoms with van der Waals surface area (Å²) in [4.78, 5) is 51.1. The molecule has 4 rings (SSSR count). The molecule has 4 aromatic rings. The molecule has 0 saturated carbocycles. The van der Waals surface area contributed by atoms with E-state index in [1.165, 1.54) is 59.5 Å². The molecule has 0 aliphatic heterocycles. The minimum atomic E-state index is -0.561. The van der Waals surface area contributed by atoms with Gasteiger partial charge in [0.05, 0.1) is 27.3 Å². The van der Waals surface area contributed by atoms with E-state index in [-0.39, 0.29) is 34.5 Å². The van der Waals surface area contributed by atoms with Crippen molar-refractivity contribution < 1.29 is 19.4 Å². The number of thioether (sulfide) groups is 1. The first-order valence-electron chi connectivity index (χ1n) is 12.7. The van der Waals surface area contributed by atoms with E-state index in [1.54, 1.807) is 22.1 Å². The first-order chi connectivity index (χ1) is 20.1. The van der Waals surface area contributed by atoms with Crippen molar-refractivity contribution in [2.24, 2.45) is 5.92 Å². The Kier molecular flexibility index (Phi) is 9.59. The molecule has 0 fully saturated rings. The molecule has 2 N–H and O–H groups in total. The molecule has 2 heterocycles. The van der Waals surface area contributed by atoms with Crippen molar-refractivity contribution >= 4 is 51.4 Å². The summed E-state index contributed by atoms with van der Waals surface area (Å²) in [7, 11) is 0. The summed E-state index contributed by atoms with van der Waals surface area (Å²) in [6.07, 6.45) is 0. The minimum Gasteiger partial charge on any atom is -0.342 e. The monoisotopic (exact) mass is 610 g/mol. The fourth-order valence-electron chi connectivity index (χ4n) is 3.98. The Morgan fingerprint density at radius 2 is 1.74 bits per heavy atom. The number of hydrogen-bond donors (Lipinski definition) is 2. The van der Waals surface area contributed by atoms with Crippen LogP contribution in [0.2, 0.25) is 0 Å². The highest BCUT2D eigenvalue weighted by Gasteiger charge is 2.27. The van der Waals surface area contributed by atoms with Crippen LogP contribution < -0.4 is 10.6 Å². The lowest BCUT2D eigenvalue weighted by molar-refractivity contribution is -0.385. The van der Waals surface area contributed by atoms with Gasteiger partial charge in [0, 0.05) is 47.3 Å². The van der Waals surface area contributed by atoms with E-state index >= 15 is 0 Å². The van der Waals surface area contributed by atoms with Crippen LogP contribution in [0.4, 0.5) is 16.5 Å². The van der Waals surface area contributed by atoms with Gasteiger partial charge in [0.1, 0.15) is 0 Å². The number of aromatic nitrogens is 4. The first-order valence-corrected chi connectivity index (χ1v) is 14.5. The van der Waals surface area contributed by atoms with Crippen molar-refractivity contribution in [3.05, 3.63) is 85.5 Å². The molecule has 2 aromatic carbocycles. The smallest absolute Gasteiger partial charge is 0.270 e. The van der Waals surface area contributed by atoms with Crippen LogP contribution in [-0.4, -0.2) is 47.2 Å². The molecule has 2 aromatic heterocycles. The Morgan fingerprint density at radius 1 is 1.05 bits per heavy atom. The summed E-state index contributed by atoms with van der Waals surface area (Å²) in [6, 6.07) is 11.0. The van der Waals surface area contributed by atoms with E-state index < -0.39 is 21.8 Å². The Labute approximate surface area is 247 Å². The number of nitro groups is 2. The van der Waals surface area contributed by atoms with E-state index in [9.17, 15) is 29.8 Å². The highest BCUT2D eigenvalue weighted by molar-refractivity contribution is 7.99. The predicted octanol–water partition coefficient (Wildman–Crippen LogP) is 5.10. The predicted molar refractivity (Wildman–Crippen MR) is 157 cm³/mol. The van der Waals surface area contributed by atoms with Gasteiger partial charge in [-0.15, -0.1) is 21.5 Å². The first kappa shape index (κ1) is 30.3. The van der Waals surface area contributed by atoms with Gasteiger partial charge in [-0.2, -0.15) is 0 Å². The summed E-state index contributed by atoms with van der Waals surface area (Å²) in [5, 5.41) is 38.9. The number of hydrogen-bond acceptors (Lipinski definition) is 11. The van der Waals surface area contributed by atoms with E-state index in [0.29, 0.717) is 33.9 Å². The van der Waals surface area contributed by atoms with Crippen LogP contribution in [0.25, 0.3) is 11.3 Å². The zero-order chi connectivity index (χ0) is 30.4. The average molecular weight is 611 g/mol. The minimum absolute atomic E-state index is 0.0102. The summed E-state index contributed by atoms with van der Waals surface area (Å²) >= 11 is 2.37. The van der Waals surface area contributed by atoms with Crippen LogP contribution in [0.3, 0.4) is 0 Å². The molecular formula is C26H26N8O6S2. The third kappa shape index (κ3) is 7.13. The van der Waals surface area contributed by atoms with Gasteiger partial charge in [-0.05, 0) is 18.9 Å². The molecule has 42 heavy (non-hydrogen) atoms. The van der Waals surface area contributed by atoms with Gasteiger partial charge < -0.3 is 15.2 Å². The van der Waals surface area contributed by atoms with Crippen LogP contribution in [0, 0.1) is 26.1 Å². The van der Waals surface area contributed by atoms with Crippen LogP contribution in [0.15, 0.2) is 59.1 Å². The second-order valence-electron chi connectivity index (χ2n) is 9.27. The quantitative estimate of drug-likeness (QED) is 0.124. The fourth-order valence-corrected chi connectivity index (χ4v) is 5.52. The Balaban J connectivity index is 1.42. The number of benzene rings is 2. The number of nitrogens with zero attached hydrogens (tertiary/aromatic N) is 6. The van der Waals surface area contributed by atoms with Gasteiger partial charge in [0.2, 0.25) is 5.91 Å². The second-order valence-corrected chi connectivity index (χ2v) is 11.1. The molecule has 0 bridgehead atoms. The topological polar surface area (TPSA) is 188 Å². The Morgan fingerprint density at radius 3 is 2.40 bits per heavy atom. The van der Waals surface area contributed by atoms with Gasteiger partial charge in [0.25, 0.3) is 17.3 Å². The maximum absolute atomic E-state index is 13.0. The highest BCUT2D eigenvalue weighted by atomic mass is 32.2. The number of carbonyl (C=O) groups excluding carboxylic acids is 2. The number of rotatable bonds is 12. The normalized spacial score (nSPS) is 11.7.